The Balaban J connectivity index is 1.98. The molecule has 0 unspecified atom stereocenters. The fourth-order valence-electron chi connectivity index (χ4n) is 1.22. The number of aliphatic hydroxyl groups is 1. The highest BCUT2D eigenvalue weighted by atomic mass is 16.5. The second-order valence-electron chi connectivity index (χ2n) is 3.19. The van der Waals surface area contributed by atoms with Crippen LogP contribution in [-0.4, -0.2) is 61.9 Å². The molecule has 1 fully saturated rings. The molecule has 1 rings (SSSR count). The number of aliphatic hydroxyl groups excluding tert-OH is 1. The number of β-amino-alcohol motifs (C(OH)–C–C–N with tert-alkyl or cyclic N) is 1. The number of amides is 1. The van der Waals surface area contributed by atoms with Gasteiger partial charge in [-0.05, 0) is 0 Å². The summed E-state index contributed by atoms with van der Waals surface area (Å²) in [6, 6.07) is 0. The zero-order valence-electron chi connectivity index (χ0n) is 7.82. The van der Waals surface area contributed by atoms with E-state index in [0.29, 0.717) is 32.8 Å². The Morgan fingerprint density at radius 1 is 1.69 bits per heavy atom. The first-order valence-corrected chi connectivity index (χ1v) is 4.38. The first-order valence-electron chi connectivity index (χ1n) is 4.38. The molecule has 76 valence electrons. The molecule has 5 nitrogen and oxygen atoms in total. The second-order valence-corrected chi connectivity index (χ2v) is 3.19. The van der Waals surface area contributed by atoms with E-state index in [4.69, 9.17) is 9.84 Å². The van der Waals surface area contributed by atoms with Crippen molar-refractivity contribution in [3.05, 3.63) is 0 Å². The quantitative estimate of drug-likeness (QED) is 0.511. The van der Waals surface area contributed by atoms with Gasteiger partial charge in [-0.3, -0.25) is 9.69 Å². The van der Waals surface area contributed by atoms with Crippen molar-refractivity contribution in [2.45, 2.75) is 6.10 Å². The molecule has 0 spiro atoms. The van der Waals surface area contributed by atoms with E-state index >= 15 is 0 Å². The van der Waals surface area contributed by atoms with Gasteiger partial charge in [-0.25, -0.2) is 0 Å². The summed E-state index contributed by atoms with van der Waals surface area (Å²) in [5, 5.41) is 11.7. The van der Waals surface area contributed by atoms with Gasteiger partial charge in [0.05, 0.1) is 19.3 Å². The smallest absolute Gasteiger partial charge is 0.234 e. The van der Waals surface area contributed by atoms with Gasteiger partial charge in [-0.1, -0.05) is 0 Å². The molecular formula is C8H16N2O3. The van der Waals surface area contributed by atoms with Crippen LogP contribution >= 0.6 is 0 Å². The van der Waals surface area contributed by atoms with Crippen molar-refractivity contribution in [1.82, 2.24) is 10.2 Å². The van der Waals surface area contributed by atoms with E-state index in [1.54, 1.807) is 7.11 Å². The highest BCUT2D eigenvalue weighted by molar-refractivity contribution is 5.78. The Bertz CT molecular complexity index is 169. The number of rotatable bonds is 5. The van der Waals surface area contributed by atoms with E-state index in [0.717, 1.165) is 0 Å². The number of hydrogen-bond acceptors (Lipinski definition) is 4. The number of carbonyl (C=O) groups excluding carboxylic acids is 1. The number of likely N-dealkylation sites (tertiary alicyclic amines) is 1. The number of ether oxygens (including phenoxy) is 1. The standard InChI is InChI=1S/C8H16N2O3/c1-13-3-2-9-8(12)6-10-4-7(11)5-10/h7,11H,2-6H2,1H3,(H,9,12). The fourth-order valence-corrected chi connectivity index (χ4v) is 1.22. The highest BCUT2D eigenvalue weighted by Gasteiger charge is 2.25. The first kappa shape index (κ1) is 10.4. The van der Waals surface area contributed by atoms with Crippen molar-refractivity contribution in [3.8, 4) is 0 Å². The molecule has 0 aromatic rings. The van der Waals surface area contributed by atoms with Gasteiger partial charge < -0.3 is 15.2 Å². The maximum Gasteiger partial charge on any atom is 0.234 e. The van der Waals surface area contributed by atoms with E-state index < -0.39 is 0 Å². The summed E-state index contributed by atoms with van der Waals surface area (Å²) in [5.41, 5.74) is 0. The van der Waals surface area contributed by atoms with Crippen LogP contribution in [0.4, 0.5) is 0 Å². The number of methoxy groups -OCH3 is 1. The summed E-state index contributed by atoms with van der Waals surface area (Å²) in [4.78, 5) is 13.0. The van der Waals surface area contributed by atoms with E-state index in [9.17, 15) is 4.79 Å². The Hall–Kier alpha value is -0.650. The topological polar surface area (TPSA) is 61.8 Å². The monoisotopic (exact) mass is 188 g/mol. The van der Waals surface area contributed by atoms with Gasteiger partial charge in [0.2, 0.25) is 5.91 Å². The van der Waals surface area contributed by atoms with Crippen molar-refractivity contribution < 1.29 is 14.6 Å². The summed E-state index contributed by atoms with van der Waals surface area (Å²) in [7, 11) is 1.60. The molecule has 1 aliphatic heterocycles. The molecule has 1 aliphatic rings. The van der Waals surface area contributed by atoms with Crippen molar-refractivity contribution in [3.63, 3.8) is 0 Å². The maximum atomic E-state index is 11.1. The molecule has 0 aliphatic carbocycles. The van der Waals surface area contributed by atoms with Gasteiger partial charge in [-0.15, -0.1) is 0 Å². The summed E-state index contributed by atoms with van der Waals surface area (Å²) in [6.45, 7) is 2.68. The lowest BCUT2D eigenvalue weighted by molar-refractivity contribution is -0.125. The van der Waals surface area contributed by atoms with Gasteiger partial charge in [0.1, 0.15) is 0 Å². The van der Waals surface area contributed by atoms with Crippen molar-refractivity contribution in [2.24, 2.45) is 0 Å². The molecular weight excluding hydrogens is 172 g/mol. The molecule has 5 heteroatoms. The van der Waals surface area contributed by atoms with Crippen molar-refractivity contribution >= 4 is 5.91 Å². The average molecular weight is 188 g/mol. The Morgan fingerprint density at radius 2 is 2.38 bits per heavy atom. The number of nitrogens with one attached hydrogen (secondary N) is 1. The molecule has 0 saturated carbocycles. The first-order chi connectivity index (χ1) is 6.22. The predicted octanol–water partition coefficient (Wildman–Crippen LogP) is -1.57. The molecule has 0 radical (unpaired) electrons. The fraction of sp³-hybridized carbons (Fsp3) is 0.875. The molecule has 0 aromatic heterocycles. The molecule has 0 atom stereocenters. The van der Waals surface area contributed by atoms with Crippen LogP contribution in [0.2, 0.25) is 0 Å². The van der Waals surface area contributed by atoms with E-state index in [1.807, 2.05) is 4.90 Å². The van der Waals surface area contributed by atoms with Crippen LogP contribution in [0, 0.1) is 0 Å². The Morgan fingerprint density at radius 3 is 2.92 bits per heavy atom. The minimum absolute atomic E-state index is 0.0102. The minimum Gasteiger partial charge on any atom is -0.390 e. The maximum absolute atomic E-state index is 11.1. The summed E-state index contributed by atoms with van der Waals surface area (Å²) < 4.78 is 4.79. The molecule has 0 bridgehead atoms. The predicted molar refractivity (Wildman–Crippen MR) is 47.3 cm³/mol. The average Bonchev–Trinajstić information content (AvgIpc) is 2.02. The lowest BCUT2D eigenvalue weighted by Gasteiger charge is -2.34. The molecule has 1 saturated heterocycles. The Kier molecular flexibility index (Phi) is 4.14. The largest absolute Gasteiger partial charge is 0.390 e. The van der Waals surface area contributed by atoms with Gasteiger partial charge in [-0.2, -0.15) is 0 Å². The van der Waals surface area contributed by atoms with Gasteiger partial charge in [0.15, 0.2) is 0 Å². The lowest BCUT2D eigenvalue weighted by Crippen LogP contribution is -2.54. The van der Waals surface area contributed by atoms with Crippen LogP contribution in [0.3, 0.4) is 0 Å². The van der Waals surface area contributed by atoms with E-state index in [-0.39, 0.29) is 12.0 Å². The van der Waals surface area contributed by atoms with Crippen LogP contribution in [0.15, 0.2) is 0 Å². The third-order valence-corrected chi connectivity index (χ3v) is 1.93. The number of hydrogen-bond donors (Lipinski definition) is 2. The third kappa shape index (κ3) is 3.71. The van der Waals surface area contributed by atoms with Crippen LogP contribution in [0.1, 0.15) is 0 Å². The van der Waals surface area contributed by atoms with Crippen LogP contribution in [-0.2, 0) is 9.53 Å². The molecule has 1 heterocycles. The normalized spacial score (nSPS) is 18.3. The van der Waals surface area contributed by atoms with Crippen molar-refractivity contribution in [2.75, 3.05) is 39.9 Å². The molecule has 13 heavy (non-hydrogen) atoms. The van der Waals surface area contributed by atoms with Crippen LogP contribution in [0.5, 0.6) is 0 Å². The van der Waals surface area contributed by atoms with Gasteiger partial charge in [0, 0.05) is 26.7 Å². The van der Waals surface area contributed by atoms with Gasteiger partial charge in [0.25, 0.3) is 0 Å². The zero-order chi connectivity index (χ0) is 9.68. The van der Waals surface area contributed by atoms with E-state index in [2.05, 4.69) is 5.32 Å². The van der Waals surface area contributed by atoms with Crippen molar-refractivity contribution in [1.29, 1.82) is 0 Å². The Labute approximate surface area is 77.7 Å². The molecule has 2 N–H and O–H groups in total. The molecule has 0 aromatic carbocycles. The number of nitrogens with zero attached hydrogens (tertiary/aromatic N) is 1. The third-order valence-electron chi connectivity index (χ3n) is 1.93. The van der Waals surface area contributed by atoms with Crippen LogP contribution in [0.25, 0.3) is 0 Å². The van der Waals surface area contributed by atoms with Gasteiger partial charge >= 0.3 is 0 Å². The zero-order valence-corrected chi connectivity index (χ0v) is 7.82. The van der Waals surface area contributed by atoms with E-state index in [1.165, 1.54) is 0 Å². The molecule has 1 amide bonds. The number of carbonyl (C=O) groups is 1. The minimum atomic E-state index is -0.244. The second kappa shape index (κ2) is 5.16. The summed E-state index contributed by atoms with van der Waals surface area (Å²) in [5.74, 6) is -0.0102. The lowest BCUT2D eigenvalue weighted by atomic mass is 10.2. The SMILES string of the molecule is COCCNC(=O)CN1CC(O)C1. The van der Waals surface area contributed by atoms with Crippen LogP contribution < -0.4 is 5.32 Å². The highest BCUT2D eigenvalue weighted by Crippen LogP contribution is 2.05. The summed E-state index contributed by atoms with van der Waals surface area (Å²) in [6.07, 6.45) is -0.244. The summed E-state index contributed by atoms with van der Waals surface area (Å²) >= 11 is 0.